The van der Waals surface area contributed by atoms with Gasteiger partial charge in [-0.3, -0.25) is 4.79 Å². The normalized spacial score (nSPS) is 11.0. The zero-order chi connectivity index (χ0) is 21.0. The second kappa shape index (κ2) is 8.84. The first-order valence-corrected chi connectivity index (χ1v) is 9.16. The molecule has 0 saturated heterocycles. The van der Waals surface area contributed by atoms with Gasteiger partial charge in [-0.25, -0.2) is 13.9 Å². The molecule has 0 fully saturated rings. The number of aromatic nitrogens is 2. The molecular weight excluding hydrogens is 395 g/mol. The third-order valence-corrected chi connectivity index (χ3v) is 4.54. The maximum Gasteiger partial charge on any atom is 0.343 e. The van der Waals surface area contributed by atoms with Crippen molar-refractivity contribution in [3.8, 4) is 11.3 Å². The average Bonchev–Trinajstić information content (AvgIpc) is 2.72. The summed E-state index contributed by atoms with van der Waals surface area (Å²) < 4.78 is 19.5. The van der Waals surface area contributed by atoms with Gasteiger partial charge in [0.1, 0.15) is 11.4 Å². The van der Waals surface area contributed by atoms with Crippen LogP contribution in [0.25, 0.3) is 17.3 Å². The molecule has 148 valence electrons. The van der Waals surface area contributed by atoms with Crippen LogP contribution >= 0.6 is 11.6 Å². The summed E-state index contributed by atoms with van der Waals surface area (Å²) in [6.45, 7) is 1.77. The zero-order valence-corrected chi connectivity index (χ0v) is 16.6. The number of benzene rings is 2. The molecule has 2 aromatic carbocycles. The highest BCUT2D eigenvalue weighted by atomic mass is 35.5. The Balaban J connectivity index is 2.00. The molecule has 0 aliphatic heterocycles. The molecule has 0 spiro atoms. The van der Waals surface area contributed by atoms with E-state index in [1.807, 2.05) is 18.2 Å². The van der Waals surface area contributed by atoms with Gasteiger partial charge in [0.25, 0.3) is 5.56 Å². The first-order valence-electron chi connectivity index (χ1n) is 8.78. The van der Waals surface area contributed by atoms with Crippen molar-refractivity contribution in [3.63, 3.8) is 0 Å². The Kier molecular flexibility index (Phi) is 6.24. The third-order valence-electron chi connectivity index (χ3n) is 4.29. The number of carbonyl (C=O) groups excluding carboxylic acids is 1. The molecule has 0 aliphatic carbocycles. The van der Waals surface area contributed by atoms with Crippen LogP contribution in [0.2, 0.25) is 5.02 Å². The maximum absolute atomic E-state index is 13.6. The van der Waals surface area contributed by atoms with E-state index in [2.05, 4.69) is 5.10 Å². The highest BCUT2D eigenvalue weighted by molar-refractivity contribution is 6.30. The van der Waals surface area contributed by atoms with Crippen LogP contribution in [-0.2, 0) is 11.3 Å². The van der Waals surface area contributed by atoms with E-state index in [0.717, 1.165) is 5.56 Å². The van der Waals surface area contributed by atoms with E-state index in [1.54, 1.807) is 37.3 Å². The lowest BCUT2D eigenvalue weighted by Gasteiger charge is -2.09. The Labute approximate surface area is 172 Å². The summed E-state index contributed by atoms with van der Waals surface area (Å²) in [7, 11) is 1.20. The molecule has 0 saturated carbocycles. The first-order chi connectivity index (χ1) is 13.9. The molecule has 0 amide bonds. The number of methoxy groups -OCH3 is 1. The predicted molar refractivity (Wildman–Crippen MR) is 110 cm³/mol. The molecule has 0 bridgehead atoms. The lowest BCUT2D eigenvalue weighted by Crippen LogP contribution is -2.29. The van der Waals surface area contributed by atoms with Crippen LogP contribution in [0.15, 0.2) is 59.4 Å². The fraction of sp³-hybridized carbons (Fsp3) is 0.136. The quantitative estimate of drug-likeness (QED) is 0.578. The van der Waals surface area contributed by atoms with E-state index in [-0.39, 0.29) is 17.9 Å². The highest BCUT2D eigenvalue weighted by Gasteiger charge is 2.17. The number of allylic oxidation sites excluding steroid dienone is 1. The number of carbonyl (C=O) groups is 1. The molecule has 0 atom stereocenters. The molecule has 0 unspecified atom stereocenters. The number of nitrogens with zero attached hydrogens (tertiary/aromatic N) is 2. The smallest absolute Gasteiger partial charge is 0.343 e. The van der Waals surface area contributed by atoms with Crippen LogP contribution in [0.4, 0.5) is 4.39 Å². The fourth-order valence-corrected chi connectivity index (χ4v) is 2.86. The van der Waals surface area contributed by atoms with E-state index >= 15 is 0 Å². The molecule has 1 heterocycles. The van der Waals surface area contributed by atoms with Gasteiger partial charge in [-0.2, -0.15) is 5.10 Å². The largest absolute Gasteiger partial charge is 0.465 e. The van der Waals surface area contributed by atoms with Gasteiger partial charge in [0, 0.05) is 10.6 Å². The van der Waals surface area contributed by atoms with Gasteiger partial charge in [-0.1, -0.05) is 35.9 Å². The Hall–Kier alpha value is -3.25. The van der Waals surface area contributed by atoms with E-state index < -0.39 is 11.5 Å². The molecule has 0 aliphatic rings. The van der Waals surface area contributed by atoms with E-state index in [9.17, 15) is 14.0 Å². The number of rotatable bonds is 5. The van der Waals surface area contributed by atoms with Crippen molar-refractivity contribution in [1.82, 2.24) is 9.78 Å². The number of aryl methyl sites for hydroxylation is 1. The average molecular weight is 413 g/mol. The summed E-state index contributed by atoms with van der Waals surface area (Å²) in [5.41, 5.74) is 1.59. The molecule has 7 heteroatoms. The number of ether oxygens (including phenoxy) is 1. The minimum absolute atomic E-state index is 0.138. The van der Waals surface area contributed by atoms with Crippen molar-refractivity contribution in [2.45, 2.75) is 13.5 Å². The summed E-state index contributed by atoms with van der Waals surface area (Å²) in [6.07, 6.45) is 3.56. The number of esters is 1. The fourth-order valence-electron chi connectivity index (χ4n) is 2.73. The van der Waals surface area contributed by atoms with Crippen molar-refractivity contribution in [3.05, 3.63) is 92.5 Å². The second-order valence-electron chi connectivity index (χ2n) is 6.34. The second-order valence-corrected chi connectivity index (χ2v) is 6.78. The van der Waals surface area contributed by atoms with Crippen molar-refractivity contribution in [2.24, 2.45) is 0 Å². The lowest BCUT2D eigenvalue weighted by atomic mass is 10.1. The first kappa shape index (κ1) is 20.5. The molecular formula is C22H18ClFN2O3. The monoisotopic (exact) mass is 412 g/mol. The van der Waals surface area contributed by atoms with Crippen LogP contribution in [0.3, 0.4) is 0 Å². The third kappa shape index (κ3) is 4.78. The van der Waals surface area contributed by atoms with Crippen LogP contribution in [0.5, 0.6) is 0 Å². The molecule has 0 N–H and O–H groups in total. The molecule has 1 aromatic heterocycles. The minimum atomic E-state index is -0.757. The van der Waals surface area contributed by atoms with Gasteiger partial charge in [0.2, 0.25) is 0 Å². The topological polar surface area (TPSA) is 61.2 Å². The van der Waals surface area contributed by atoms with Gasteiger partial charge >= 0.3 is 5.97 Å². The van der Waals surface area contributed by atoms with E-state index in [4.69, 9.17) is 16.3 Å². The van der Waals surface area contributed by atoms with Gasteiger partial charge in [-0.05, 0) is 54.4 Å². The zero-order valence-electron chi connectivity index (χ0n) is 15.9. The predicted octanol–water partition coefficient (Wildman–Crippen LogP) is 4.51. The molecule has 3 aromatic rings. The SMILES string of the molecule is COC(=O)c1cc(-c2ccc(F)c(C)c2)nn(CC=Cc2ccc(Cl)cc2)c1=O. The molecule has 0 radical (unpaired) electrons. The lowest BCUT2D eigenvalue weighted by molar-refractivity contribution is 0.0597. The van der Waals surface area contributed by atoms with Crippen molar-refractivity contribution in [1.29, 1.82) is 0 Å². The Bertz CT molecular complexity index is 1140. The van der Waals surface area contributed by atoms with Crippen molar-refractivity contribution >= 4 is 23.6 Å². The van der Waals surface area contributed by atoms with Gasteiger partial charge in [0.05, 0.1) is 19.3 Å². The minimum Gasteiger partial charge on any atom is -0.465 e. The molecule has 3 rings (SSSR count). The maximum atomic E-state index is 13.6. The van der Waals surface area contributed by atoms with Crippen molar-refractivity contribution in [2.75, 3.05) is 7.11 Å². The Morgan fingerprint density at radius 2 is 1.93 bits per heavy atom. The highest BCUT2D eigenvalue weighted by Crippen LogP contribution is 2.20. The standard InChI is InChI=1S/C22H18ClFN2O3/c1-14-12-16(7-10-19(14)24)20-13-18(22(28)29-2)21(27)26(25-20)11-3-4-15-5-8-17(23)9-6-15/h3-10,12-13H,11H2,1-2H3. The van der Waals surface area contributed by atoms with Crippen LogP contribution in [0, 0.1) is 12.7 Å². The molecule has 29 heavy (non-hydrogen) atoms. The van der Waals surface area contributed by atoms with Gasteiger partial charge in [-0.15, -0.1) is 0 Å². The Morgan fingerprint density at radius 3 is 2.59 bits per heavy atom. The van der Waals surface area contributed by atoms with E-state index in [0.29, 0.717) is 21.8 Å². The van der Waals surface area contributed by atoms with E-state index in [1.165, 1.54) is 23.9 Å². The summed E-state index contributed by atoms with van der Waals surface area (Å²) in [4.78, 5) is 24.7. The van der Waals surface area contributed by atoms with Crippen LogP contribution in [-0.4, -0.2) is 22.9 Å². The van der Waals surface area contributed by atoms with Crippen LogP contribution < -0.4 is 5.56 Å². The molecule has 5 nitrogen and oxygen atoms in total. The van der Waals surface area contributed by atoms with Crippen LogP contribution in [0.1, 0.15) is 21.5 Å². The Morgan fingerprint density at radius 1 is 1.21 bits per heavy atom. The number of hydrogen-bond donors (Lipinski definition) is 0. The number of halogens is 2. The van der Waals surface area contributed by atoms with Gasteiger partial charge in [0.15, 0.2) is 0 Å². The van der Waals surface area contributed by atoms with Crippen molar-refractivity contribution < 1.29 is 13.9 Å². The number of hydrogen-bond acceptors (Lipinski definition) is 4. The summed E-state index contributed by atoms with van der Waals surface area (Å²) in [6, 6.07) is 13.0. The summed E-state index contributed by atoms with van der Waals surface area (Å²) in [5.74, 6) is -1.10. The summed E-state index contributed by atoms with van der Waals surface area (Å²) in [5, 5.41) is 4.97. The van der Waals surface area contributed by atoms with Gasteiger partial charge < -0.3 is 4.74 Å². The summed E-state index contributed by atoms with van der Waals surface area (Å²) >= 11 is 5.87.